The Hall–Kier alpha value is -1.59. The number of unbranched alkanes of at least 4 members (excludes halogenated alkanes) is 1. The normalized spacial score (nSPS) is 9.94. The number of hydrogen-bond acceptors (Lipinski definition) is 6. The minimum Gasteiger partial charge on any atom is -0.467 e. The van der Waals surface area contributed by atoms with Gasteiger partial charge in [-0.25, -0.2) is 0 Å². The largest absolute Gasteiger partial charge is 0.467 e. The van der Waals surface area contributed by atoms with Crippen molar-refractivity contribution in [2.45, 2.75) is 26.7 Å². The van der Waals surface area contributed by atoms with Crippen LogP contribution in [-0.4, -0.2) is 35.2 Å². The molecule has 2 N–H and O–H groups in total. The molecule has 6 heteroatoms. The second kappa shape index (κ2) is 6.81. The lowest BCUT2D eigenvalue weighted by molar-refractivity contribution is 0.379. The van der Waals surface area contributed by atoms with Gasteiger partial charge in [0.1, 0.15) is 0 Å². The van der Waals surface area contributed by atoms with Gasteiger partial charge in [-0.05, 0) is 13.3 Å². The first kappa shape index (κ1) is 12.5. The maximum absolute atomic E-state index is 5.01. The number of aromatic nitrogens is 3. The van der Waals surface area contributed by atoms with E-state index in [4.69, 9.17) is 4.74 Å². The number of ether oxygens (including phenoxy) is 1. The third-order valence-electron chi connectivity index (χ3n) is 1.95. The van der Waals surface area contributed by atoms with Crippen LogP contribution in [0.4, 0.5) is 11.9 Å². The van der Waals surface area contributed by atoms with Crippen LogP contribution in [0.2, 0.25) is 0 Å². The van der Waals surface area contributed by atoms with E-state index in [9.17, 15) is 0 Å². The van der Waals surface area contributed by atoms with Crippen LogP contribution in [0.1, 0.15) is 26.7 Å². The smallest absolute Gasteiger partial charge is 0.322 e. The molecule has 0 radical (unpaired) electrons. The number of nitrogens with zero attached hydrogens (tertiary/aromatic N) is 3. The van der Waals surface area contributed by atoms with Crippen molar-refractivity contribution in [2.24, 2.45) is 0 Å². The molecule has 1 rings (SSSR count). The van der Waals surface area contributed by atoms with Gasteiger partial charge in [-0.2, -0.15) is 15.0 Å². The summed E-state index contributed by atoms with van der Waals surface area (Å²) in [4.78, 5) is 12.4. The van der Waals surface area contributed by atoms with Crippen LogP contribution in [0, 0.1) is 0 Å². The predicted molar refractivity (Wildman–Crippen MR) is 63.9 cm³/mol. The van der Waals surface area contributed by atoms with E-state index in [1.165, 1.54) is 0 Å². The minimum absolute atomic E-state index is 0.324. The van der Waals surface area contributed by atoms with Gasteiger partial charge in [0.15, 0.2) is 0 Å². The van der Waals surface area contributed by atoms with Gasteiger partial charge in [-0.3, -0.25) is 0 Å². The van der Waals surface area contributed by atoms with Crippen molar-refractivity contribution in [3.05, 3.63) is 0 Å². The van der Waals surface area contributed by atoms with E-state index in [2.05, 4.69) is 32.5 Å². The molecule has 0 saturated heterocycles. The van der Waals surface area contributed by atoms with E-state index in [1.807, 2.05) is 6.92 Å². The molecule has 0 spiro atoms. The molecule has 0 saturated carbocycles. The summed E-state index contributed by atoms with van der Waals surface area (Å²) in [7, 11) is 1.54. The molecule has 0 unspecified atom stereocenters. The number of nitrogens with one attached hydrogen (secondary N) is 2. The Bertz CT molecular complexity index is 318. The van der Waals surface area contributed by atoms with Crippen LogP contribution < -0.4 is 15.4 Å². The first-order valence-electron chi connectivity index (χ1n) is 5.58. The van der Waals surface area contributed by atoms with Gasteiger partial charge in [0.2, 0.25) is 11.9 Å². The average molecular weight is 225 g/mol. The monoisotopic (exact) mass is 225 g/mol. The van der Waals surface area contributed by atoms with E-state index in [1.54, 1.807) is 7.11 Å². The highest BCUT2D eigenvalue weighted by Crippen LogP contribution is 2.10. The van der Waals surface area contributed by atoms with Gasteiger partial charge < -0.3 is 15.4 Å². The van der Waals surface area contributed by atoms with Gasteiger partial charge in [0.05, 0.1) is 7.11 Å². The third kappa shape index (κ3) is 3.88. The van der Waals surface area contributed by atoms with E-state index in [0.29, 0.717) is 17.9 Å². The molecule has 16 heavy (non-hydrogen) atoms. The summed E-state index contributed by atoms with van der Waals surface area (Å²) in [6.07, 6.45) is 2.22. The Morgan fingerprint density at radius 3 is 2.31 bits per heavy atom. The molecule has 1 aromatic rings. The zero-order valence-electron chi connectivity index (χ0n) is 10.1. The predicted octanol–water partition coefficient (Wildman–Crippen LogP) is 1.52. The van der Waals surface area contributed by atoms with Gasteiger partial charge in [-0.1, -0.05) is 13.3 Å². The highest BCUT2D eigenvalue weighted by Gasteiger charge is 2.04. The second-order valence-corrected chi connectivity index (χ2v) is 3.28. The van der Waals surface area contributed by atoms with Crippen molar-refractivity contribution in [1.29, 1.82) is 0 Å². The Labute approximate surface area is 95.9 Å². The summed E-state index contributed by atoms with van der Waals surface area (Å²) in [6, 6.07) is 0.324. The number of methoxy groups -OCH3 is 1. The highest BCUT2D eigenvalue weighted by molar-refractivity contribution is 5.35. The Morgan fingerprint density at radius 1 is 1.06 bits per heavy atom. The van der Waals surface area contributed by atoms with Crippen molar-refractivity contribution >= 4 is 11.9 Å². The lowest BCUT2D eigenvalue weighted by Crippen LogP contribution is -2.10. The van der Waals surface area contributed by atoms with Gasteiger partial charge in [0.25, 0.3) is 0 Å². The van der Waals surface area contributed by atoms with Crippen LogP contribution in [0.5, 0.6) is 6.01 Å². The fraction of sp³-hybridized carbons (Fsp3) is 0.700. The molecule has 0 amide bonds. The summed E-state index contributed by atoms with van der Waals surface area (Å²) in [5.41, 5.74) is 0. The van der Waals surface area contributed by atoms with Crippen molar-refractivity contribution in [3.8, 4) is 6.01 Å². The Kier molecular flexibility index (Phi) is 5.31. The second-order valence-electron chi connectivity index (χ2n) is 3.28. The molecule has 0 atom stereocenters. The summed E-state index contributed by atoms with van der Waals surface area (Å²) >= 11 is 0. The lowest BCUT2D eigenvalue weighted by atomic mass is 10.3. The van der Waals surface area contributed by atoms with Crippen molar-refractivity contribution in [1.82, 2.24) is 15.0 Å². The molecule has 0 aliphatic rings. The van der Waals surface area contributed by atoms with Crippen LogP contribution in [-0.2, 0) is 0 Å². The van der Waals surface area contributed by atoms with Crippen LogP contribution in [0.25, 0.3) is 0 Å². The van der Waals surface area contributed by atoms with Crippen LogP contribution in [0.3, 0.4) is 0 Å². The van der Waals surface area contributed by atoms with E-state index < -0.39 is 0 Å². The molecular formula is C10H19N5O. The first-order valence-corrected chi connectivity index (χ1v) is 5.58. The quantitative estimate of drug-likeness (QED) is 0.686. The van der Waals surface area contributed by atoms with Crippen LogP contribution in [0.15, 0.2) is 0 Å². The molecule has 0 bridgehead atoms. The summed E-state index contributed by atoms with van der Waals surface area (Å²) < 4.78 is 5.01. The lowest BCUT2D eigenvalue weighted by Gasteiger charge is -2.07. The SMILES string of the molecule is CCCCNc1nc(NCC)nc(OC)n1. The van der Waals surface area contributed by atoms with Crippen molar-refractivity contribution in [2.75, 3.05) is 30.8 Å². The zero-order chi connectivity index (χ0) is 11.8. The molecule has 0 aromatic carbocycles. The maximum Gasteiger partial charge on any atom is 0.322 e. The molecule has 1 heterocycles. The molecule has 0 aliphatic heterocycles. The number of anilines is 2. The Morgan fingerprint density at radius 2 is 1.75 bits per heavy atom. The van der Waals surface area contributed by atoms with Gasteiger partial charge in [-0.15, -0.1) is 0 Å². The number of hydrogen-bond donors (Lipinski definition) is 2. The average Bonchev–Trinajstić information content (AvgIpc) is 2.29. The minimum atomic E-state index is 0.324. The number of rotatable bonds is 7. The van der Waals surface area contributed by atoms with Crippen LogP contribution >= 0.6 is 0 Å². The summed E-state index contributed by atoms with van der Waals surface area (Å²) in [5, 5.41) is 6.17. The standard InChI is InChI=1S/C10H19N5O/c1-4-6-7-12-9-13-8(11-5-2)14-10(15-9)16-3/h4-7H2,1-3H3,(H2,11,12,13,14,15). The van der Waals surface area contributed by atoms with E-state index in [-0.39, 0.29) is 0 Å². The highest BCUT2D eigenvalue weighted by atomic mass is 16.5. The Balaban J connectivity index is 2.69. The molecule has 0 aliphatic carbocycles. The maximum atomic E-state index is 5.01. The molecular weight excluding hydrogens is 206 g/mol. The summed E-state index contributed by atoms with van der Waals surface area (Å²) in [6.45, 7) is 5.75. The van der Waals surface area contributed by atoms with Crippen molar-refractivity contribution < 1.29 is 4.74 Å². The van der Waals surface area contributed by atoms with E-state index in [0.717, 1.165) is 25.9 Å². The topological polar surface area (TPSA) is 72.0 Å². The summed E-state index contributed by atoms with van der Waals surface area (Å²) in [5.74, 6) is 1.09. The van der Waals surface area contributed by atoms with E-state index >= 15 is 0 Å². The van der Waals surface area contributed by atoms with Crippen molar-refractivity contribution in [3.63, 3.8) is 0 Å². The molecule has 0 fully saturated rings. The van der Waals surface area contributed by atoms with Gasteiger partial charge >= 0.3 is 6.01 Å². The fourth-order valence-electron chi connectivity index (χ4n) is 1.14. The first-order chi connectivity index (χ1) is 7.80. The molecule has 1 aromatic heterocycles. The fourth-order valence-corrected chi connectivity index (χ4v) is 1.14. The zero-order valence-corrected chi connectivity index (χ0v) is 10.1. The third-order valence-corrected chi connectivity index (χ3v) is 1.95. The van der Waals surface area contributed by atoms with Gasteiger partial charge in [0, 0.05) is 13.1 Å². The molecule has 6 nitrogen and oxygen atoms in total. The molecule has 90 valence electrons.